The summed E-state index contributed by atoms with van der Waals surface area (Å²) in [6, 6.07) is 12.1. The van der Waals surface area contributed by atoms with Gasteiger partial charge < -0.3 is 5.11 Å². The third kappa shape index (κ3) is 4.16. The number of carbonyl (C=O) groups excluding carboxylic acids is 2. The van der Waals surface area contributed by atoms with Gasteiger partial charge in [0.1, 0.15) is 6.23 Å². The molecule has 11 heteroatoms. The average molecular weight is 484 g/mol. The van der Waals surface area contributed by atoms with Gasteiger partial charge in [0.05, 0.1) is 21.8 Å². The molecule has 10 nitrogen and oxygen atoms in total. The maximum absolute atomic E-state index is 13.6. The molecule has 0 aromatic heterocycles. The van der Waals surface area contributed by atoms with Crippen molar-refractivity contribution in [1.82, 2.24) is 9.62 Å². The first-order valence-corrected chi connectivity index (χ1v) is 11.8. The van der Waals surface area contributed by atoms with Crippen molar-refractivity contribution in [2.45, 2.75) is 24.1 Å². The van der Waals surface area contributed by atoms with Gasteiger partial charge in [-0.2, -0.15) is 0 Å². The van der Waals surface area contributed by atoms with Gasteiger partial charge in [-0.3, -0.25) is 29.3 Å². The summed E-state index contributed by atoms with van der Waals surface area (Å²) >= 11 is 0. The van der Waals surface area contributed by atoms with E-state index in [1.165, 1.54) is 13.1 Å². The Balaban J connectivity index is 1.85. The molecule has 0 amide bonds. The number of rotatable bonds is 7. The van der Waals surface area contributed by atoms with Crippen molar-refractivity contribution in [1.29, 1.82) is 0 Å². The molecule has 34 heavy (non-hydrogen) atoms. The maximum atomic E-state index is 13.6. The molecule has 0 spiro atoms. The number of non-ortho nitro benzene ring substituents is 1. The normalized spacial score (nSPS) is 21.1. The van der Waals surface area contributed by atoms with Gasteiger partial charge in [0.2, 0.25) is 11.6 Å². The van der Waals surface area contributed by atoms with Gasteiger partial charge in [-0.1, -0.05) is 30.3 Å². The van der Waals surface area contributed by atoms with Crippen LogP contribution in [0.3, 0.4) is 0 Å². The second kappa shape index (κ2) is 8.93. The molecule has 1 aliphatic carbocycles. The molecule has 0 saturated carbocycles. The zero-order chi connectivity index (χ0) is 24.6. The highest BCUT2D eigenvalue weighted by atomic mass is 32.2. The van der Waals surface area contributed by atoms with Crippen LogP contribution in [0.1, 0.15) is 12.5 Å². The van der Waals surface area contributed by atoms with Crippen molar-refractivity contribution in [3.8, 4) is 0 Å². The van der Waals surface area contributed by atoms with Crippen LogP contribution < -0.4 is 5.32 Å². The molecule has 2 N–H and O–H groups in total. The number of nitro benzene ring substituents is 1. The number of hydrogen-bond donors (Lipinski definition) is 2. The quantitative estimate of drug-likeness (QED) is 0.261. The SMILES string of the molecule is CC(O)NCC1=CC(=O)C(=O)C2C(c3ccccc3)=CN(S(=O)(=O)c3ccc([N+](=O)[O-])cc3)C12. The van der Waals surface area contributed by atoms with E-state index in [2.05, 4.69) is 5.32 Å². The lowest BCUT2D eigenvalue weighted by molar-refractivity contribution is -0.384. The number of nitrogens with zero attached hydrogens (tertiary/aromatic N) is 2. The lowest BCUT2D eigenvalue weighted by Gasteiger charge is -2.33. The number of aliphatic hydroxyl groups excluding tert-OH is 1. The molecule has 2 aromatic carbocycles. The first kappa shape index (κ1) is 23.5. The molecular formula is C23H21N3O7S. The van der Waals surface area contributed by atoms with E-state index in [4.69, 9.17) is 0 Å². The van der Waals surface area contributed by atoms with Crippen molar-refractivity contribution in [3.05, 3.63) is 88.1 Å². The first-order chi connectivity index (χ1) is 16.1. The fourth-order valence-corrected chi connectivity index (χ4v) is 5.67. The van der Waals surface area contributed by atoms with Crippen LogP contribution in [0.25, 0.3) is 5.57 Å². The maximum Gasteiger partial charge on any atom is 0.269 e. The Morgan fingerprint density at radius 1 is 1.12 bits per heavy atom. The minimum absolute atomic E-state index is 0.0277. The Labute approximate surface area is 195 Å². The number of nitro groups is 1. The number of Topliss-reactive ketones (excluding diaryl/α,β-unsaturated/α-hetero) is 1. The Kier molecular flexibility index (Phi) is 6.17. The second-order valence-corrected chi connectivity index (χ2v) is 9.81. The minimum Gasteiger partial charge on any atom is -0.379 e. The van der Waals surface area contributed by atoms with Gasteiger partial charge in [-0.15, -0.1) is 0 Å². The standard InChI is InChI=1S/C23H21N3O7S/c1-14(27)24-12-16-11-20(28)23(29)21-19(15-5-3-2-4-6-15)13-25(22(16)21)34(32,33)18-9-7-17(8-10-18)26(30)31/h2-11,13-14,21-22,24,27H,12H2,1H3. The molecule has 2 aromatic rings. The van der Waals surface area contributed by atoms with Crippen LogP contribution in [0.2, 0.25) is 0 Å². The Morgan fingerprint density at radius 3 is 2.35 bits per heavy atom. The van der Waals surface area contributed by atoms with E-state index < -0.39 is 44.7 Å². The molecule has 1 aliphatic heterocycles. The molecule has 4 rings (SSSR count). The van der Waals surface area contributed by atoms with Crippen LogP contribution in [0.5, 0.6) is 0 Å². The zero-order valence-electron chi connectivity index (χ0n) is 18.0. The smallest absolute Gasteiger partial charge is 0.269 e. The fraction of sp³-hybridized carbons (Fsp3) is 0.217. The molecule has 0 saturated heterocycles. The van der Waals surface area contributed by atoms with E-state index in [1.54, 1.807) is 30.3 Å². The number of sulfonamides is 1. The molecule has 0 fully saturated rings. The molecule has 1 heterocycles. The number of hydrogen-bond acceptors (Lipinski definition) is 8. The van der Waals surface area contributed by atoms with Crippen LogP contribution in [0, 0.1) is 16.0 Å². The van der Waals surface area contributed by atoms with Crippen LogP contribution in [-0.4, -0.2) is 53.1 Å². The molecule has 2 aliphatic rings. The second-order valence-electron chi connectivity index (χ2n) is 7.96. The van der Waals surface area contributed by atoms with Gasteiger partial charge in [0, 0.05) is 24.9 Å². The number of allylic oxidation sites excluding steroid dienone is 1. The Hall–Kier alpha value is -3.67. The number of ketones is 2. The summed E-state index contributed by atoms with van der Waals surface area (Å²) in [5.41, 5.74) is 1.02. The van der Waals surface area contributed by atoms with Crippen molar-refractivity contribution in [3.63, 3.8) is 0 Å². The molecule has 0 radical (unpaired) electrons. The van der Waals surface area contributed by atoms with Crippen molar-refractivity contribution >= 4 is 32.9 Å². The Morgan fingerprint density at radius 2 is 1.76 bits per heavy atom. The lowest BCUT2D eigenvalue weighted by Crippen LogP contribution is -2.48. The largest absolute Gasteiger partial charge is 0.379 e. The number of nitrogens with one attached hydrogen (secondary N) is 1. The van der Waals surface area contributed by atoms with E-state index >= 15 is 0 Å². The molecule has 176 valence electrons. The lowest BCUT2D eigenvalue weighted by atomic mass is 9.78. The number of fused-ring (bicyclic) bond motifs is 1. The highest BCUT2D eigenvalue weighted by molar-refractivity contribution is 7.89. The average Bonchev–Trinajstić information content (AvgIpc) is 3.23. The Bertz CT molecular complexity index is 1320. The summed E-state index contributed by atoms with van der Waals surface area (Å²) < 4.78 is 28.3. The summed E-state index contributed by atoms with van der Waals surface area (Å²) in [5, 5.41) is 23.4. The van der Waals surface area contributed by atoms with Gasteiger partial charge in [-0.05, 0) is 41.8 Å². The fourth-order valence-electron chi connectivity index (χ4n) is 4.14. The van der Waals surface area contributed by atoms with Gasteiger partial charge in [-0.25, -0.2) is 8.42 Å². The third-order valence-electron chi connectivity index (χ3n) is 5.74. The van der Waals surface area contributed by atoms with Crippen LogP contribution in [0.15, 0.2) is 77.3 Å². The van der Waals surface area contributed by atoms with Gasteiger partial charge in [0.15, 0.2) is 0 Å². The predicted octanol–water partition coefficient (Wildman–Crippen LogP) is 1.63. The van der Waals surface area contributed by atoms with Crippen molar-refractivity contribution < 1.29 is 28.0 Å². The van der Waals surface area contributed by atoms with Gasteiger partial charge >= 0.3 is 0 Å². The first-order valence-electron chi connectivity index (χ1n) is 10.4. The van der Waals surface area contributed by atoms with Gasteiger partial charge in [0.25, 0.3) is 15.7 Å². The third-order valence-corrected chi connectivity index (χ3v) is 7.50. The topological polar surface area (TPSA) is 147 Å². The van der Waals surface area contributed by atoms with E-state index in [9.17, 15) is 33.2 Å². The zero-order valence-corrected chi connectivity index (χ0v) is 18.8. The number of carbonyl (C=O) groups is 2. The van der Waals surface area contributed by atoms with E-state index in [0.29, 0.717) is 16.7 Å². The van der Waals surface area contributed by atoms with Crippen LogP contribution in [0.4, 0.5) is 5.69 Å². The van der Waals surface area contributed by atoms with Crippen molar-refractivity contribution in [2.75, 3.05) is 6.54 Å². The predicted molar refractivity (Wildman–Crippen MR) is 122 cm³/mol. The summed E-state index contributed by atoms with van der Waals surface area (Å²) in [6.45, 7) is 1.45. The van der Waals surface area contributed by atoms with Crippen LogP contribution >= 0.6 is 0 Å². The highest BCUT2D eigenvalue weighted by Gasteiger charge is 2.50. The van der Waals surface area contributed by atoms with Crippen molar-refractivity contribution in [2.24, 2.45) is 5.92 Å². The monoisotopic (exact) mass is 483 g/mol. The molecule has 0 bridgehead atoms. The number of benzene rings is 2. The van der Waals surface area contributed by atoms with E-state index in [-0.39, 0.29) is 17.1 Å². The van der Waals surface area contributed by atoms with E-state index in [1.807, 2.05) is 0 Å². The summed E-state index contributed by atoms with van der Waals surface area (Å²) in [6.07, 6.45) is 1.52. The highest BCUT2D eigenvalue weighted by Crippen LogP contribution is 2.44. The summed E-state index contributed by atoms with van der Waals surface area (Å²) in [7, 11) is -4.27. The van der Waals surface area contributed by atoms with E-state index in [0.717, 1.165) is 34.6 Å². The molecule has 3 atom stereocenters. The molecule has 3 unspecified atom stereocenters. The molecular weight excluding hydrogens is 462 g/mol. The summed E-state index contributed by atoms with van der Waals surface area (Å²) in [5.74, 6) is -2.55. The minimum atomic E-state index is -4.27. The number of aliphatic hydroxyl groups is 1. The summed E-state index contributed by atoms with van der Waals surface area (Å²) in [4.78, 5) is 35.7. The van der Waals surface area contributed by atoms with Crippen LogP contribution in [-0.2, 0) is 19.6 Å².